The van der Waals surface area contributed by atoms with Gasteiger partial charge in [0.05, 0.1) is 12.6 Å². The van der Waals surface area contributed by atoms with Crippen LogP contribution in [-0.2, 0) is 14.4 Å². The molecule has 2 amide bonds. The van der Waals surface area contributed by atoms with E-state index in [0.29, 0.717) is 6.54 Å². The van der Waals surface area contributed by atoms with Crippen LogP contribution in [0.25, 0.3) is 0 Å². The molecule has 0 aromatic rings. The lowest BCUT2D eigenvalue weighted by molar-refractivity contribution is -0.141. The van der Waals surface area contributed by atoms with Crippen LogP contribution in [0.5, 0.6) is 0 Å². The minimum absolute atomic E-state index is 0.0826. The minimum atomic E-state index is -0.390. The number of nitrogens with one attached hydrogen (secondary N) is 3. The first kappa shape index (κ1) is 11.3. The van der Waals surface area contributed by atoms with Crippen LogP contribution in [0.1, 0.15) is 25.7 Å². The second-order valence-corrected chi connectivity index (χ2v) is 4.23. The van der Waals surface area contributed by atoms with Crippen LogP contribution in [0.15, 0.2) is 0 Å². The van der Waals surface area contributed by atoms with Crippen molar-refractivity contribution in [2.75, 3.05) is 13.1 Å². The summed E-state index contributed by atoms with van der Waals surface area (Å²) < 4.78 is 0. The summed E-state index contributed by atoms with van der Waals surface area (Å²) >= 11 is 0. The van der Waals surface area contributed by atoms with Crippen molar-refractivity contribution in [2.24, 2.45) is 0 Å². The summed E-state index contributed by atoms with van der Waals surface area (Å²) in [6.07, 6.45) is 4.50. The standard InChI is InChI=1S/C10H17N3O3/c14-9-6-11-8(5-12-9)10(15)13-16-7-3-1-2-4-7/h7-8,11H,1-6H2,(H,12,14)(H,13,15). The fourth-order valence-electron chi connectivity index (χ4n) is 1.97. The van der Waals surface area contributed by atoms with Crippen LogP contribution < -0.4 is 16.1 Å². The average Bonchev–Trinajstić information content (AvgIpc) is 2.80. The van der Waals surface area contributed by atoms with Crippen molar-refractivity contribution in [2.45, 2.75) is 37.8 Å². The van der Waals surface area contributed by atoms with E-state index < -0.39 is 0 Å². The maximum absolute atomic E-state index is 11.6. The van der Waals surface area contributed by atoms with Crippen molar-refractivity contribution in [3.63, 3.8) is 0 Å². The number of carbonyl (C=O) groups is 2. The summed E-state index contributed by atoms with van der Waals surface area (Å²) in [5, 5.41) is 5.46. The Labute approximate surface area is 94.1 Å². The van der Waals surface area contributed by atoms with E-state index in [2.05, 4.69) is 16.1 Å². The molecule has 1 aliphatic carbocycles. The molecular weight excluding hydrogens is 210 g/mol. The number of rotatable bonds is 3. The van der Waals surface area contributed by atoms with E-state index in [-0.39, 0.29) is 30.5 Å². The molecule has 6 nitrogen and oxygen atoms in total. The number of piperazine rings is 1. The van der Waals surface area contributed by atoms with Crippen LogP contribution >= 0.6 is 0 Å². The number of hydrogen-bond donors (Lipinski definition) is 3. The maximum Gasteiger partial charge on any atom is 0.262 e. The summed E-state index contributed by atoms with van der Waals surface area (Å²) in [5.41, 5.74) is 2.46. The summed E-state index contributed by atoms with van der Waals surface area (Å²) in [6.45, 7) is 0.500. The number of carbonyl (C=O) groups excluding carboxylic acids is 2. The van der Waals surface area contributed by atoms with Gasteiger partial charge in [-0.15, -0.1) is 0 Å². The van der Waals surface area contributed by atoms with Gasteiger partial charge in [0, 0.05) is 6.54 Å². The molecule has 2 rings (SSSR count). The Morgan fingerprint density at radius 3 is 2.75 bits per heavy atom. The molecule has 6 heteroatoms. The van der Waals surface area contributed by atoms with Gasteiger partial charge in [-0.3, -0.25) is 19.7 Å². The van der Waals surface area contributed by atoms with Gasteiger partial charge >= 0.3 is 0 Å². The van der Waals surface area contributed by atoms with Gasteiger partial charge in [0.15, 0.2) is 0 Å². The summed E-state index contributed by atoms with van der Waals surface area (Å²) in [4.78, 5) is 27.8. The Morgan fingerprint density at radius 1 is 1.38 bits per heavy atom. The molecule has 0 radical (unpaired) electrons. The number of hydroxylamine groups is 1. The Balaban J connectivity index is 1.68. The van der Waals surface area contributed by atoms with Crippen molar-refractivity contribution in [3.05, 3.63) is 0 Å². The highest BCUT2D eigenvalue weighted by Crippen LogP contribution is 2.19. The predicted molar refractivity (Wildman–Crippen MR) is 56.3 cm³/mol. The van der Waals surface area contributed by atoms with Gasteiger partial charge in [0.25, 0.3) is 5.91 Å². The third kappa shape index (κ3) is 2.93. The van der Waals surface area contributed by atoms with Crippen LogP contribution in [0.4, 0.5) is 0 Å². The molecule has 2 fully saturated rings. The summed E-state index contributed by atoms with van der Waals surface area (Å²) in [7, 11) is 0. The zero-order valence-corrected chi connectivity index (χ0v) is 9.12. The van der Waals surface area contributed by atoms with Crippen molar-refractivity contribution in [1.82, 2.24) is 16.1 Å². The predicted octanol–water partition coefficient (Wildman–Crippen LogP) is -0.935. The molecule has 1 saturated carbocycles. The van der Waals surface area contributed by atoms with E-state index in [1.54, 1.807) is 0 Å². The largest absolute Gasteiger partial charge is 0.353 e. The Hall–Kier alpha value is -1.14. The topological polar surface area (TPSA) is 79.5 Å². The Kier molecular flexibility index (Phi) is 3.74. The monoisotopic (exact) mass is 227 g/mol. The smallest absolute Gasteiger partial charge is 0.262 e. The molecule has 1 atom stereocenters. The van der Waals surface area contributed by atoms with Crippen LogP contribution in [0.3, 0.4) is 0 Å². The SMILES string of the molecule is O=C1CNC(C(=O)NOC2CCCC2)CN1. The Bertz CT molecular complexity index is 266. The lowest BCUT2D eigenvalue weighted by Gasteiger charge is -2.23. The second-order valence-electron chi connectivity index (χ2n) is 4.23. The molecule has 0 spiro atoms. The average molecular weight is 227 g/mol. The molecule has 0 bridgehead atoms. The molecule has 1 unspecified atom stereocenters. The van der Waals surface area contributed by atoms with Crippen LogP contribution in [0, 0.1) is 0 Å². The van der Waals surface area contributed by atoms with E-state index in [9.17, 15) is 9.59 Å². The highest BCUT2D eigenvalue weighted by Gasteiger charge is 2.25. The van der Waals surface area contributed by atoms with Gasteiger partial charge in [0.1, 0.15) is 6.04 Å². The molecule has 1 saturated heterocycles. The first-order valence-corrected chi connectivity index (χ1v) is 5.71. The van der Waals surface area contributed by atoms with Crippen LogP contribution in [0.2, 0.25) is 0 Å². The summed E-state index contributed by atoms with van der Waals surface area (Å²) in [6, 6.07) is -0.390. The Morgan fingerprint density at radius 2 is 2.12 bits per heavy atom. The molecule has 0 aromatic heterocycles. The van der Waals surface area contributed by atoms with Crippen molar-refractivity contribution < 1.29 is 14.4 Å². The fourth-order valence-corrected chi connectivity index (χ4v) is 1.97. The van der Waals surface area contributed by atoms with Crippen molar-refractivity contribution >= 4 is 11.8 Å². The molecular formula is C10H17N3O3. The third-order valence-corrected chi connectivity index (χ3v) is 2.96. The molecule has 3 N–H and O–H groups in total. The zero-order chi connectivity index (χ0) is 11.4. The van der Waals surface area contributed by atoms with E-state index in [1.165, 1.54) is 0 Å². The number of amides is 2. The van der Waals surface area contributed by atoms with E-state index in [4.69, 9.17) is 4.84 Å². The first-order valence-electron chi connectivity index (χ1n) is 5.71. The lowest BCUT2D eigenvalue weighted by Crippen LogP contribution is -2.58. The molecule has 1 heterocycles. The number of hydrogen-bond acceptors (Lipinski definition) is 4. The van der Waals surface area contributed by atoms with Crippen LogP contribution in [-0.4, -0.2) is 37.0 Å². The van der Waals surface area contributed by atoms with Crippen molar-refractivity contribution in [3.8, 4) is 0 Å². The van der Waals surface area contributed by atoms with Gasteiger partial charge in [-0.2, -0.15) is 0 Å². The zero-order valence-electron chi connectivity index (χ0n) is 9.12. The van der Waals surface area contributed by atoms with Gasteiger partial charge in [-0.25, -0.2) is 5.48 Å². The van der Waals surface area contributed by atoms with Gasteiger partial charge < -0.3 is 5.32 Å². The van der Waals surface area contributed by atoms with E-state index >= 15 is 0 Å². The molecule has 0 aromatic carbocycles. The fraction of sp³-hybridized carbons (Fsp3) is 0.800. The van der Waals surface area contributed by atoms with Crippen molar-refractivity contribution in [1.29, 1.82) is 0 Å². The van der Waals surface area contributed by atoms with Gasteiger partial charge in [-0.1, -0.05) is 12.8 Å². The highest BCUT2D eigenvalue weighted by atomic mass is 16.7. The van der Waals surface area contributed by atoms with Gasteiger partial charge in [-0.05, 0) is 12.8 Å². The van der Waals surface area contributed by atoms with Gasteiger partial charge in [0.2, 0.25) is 5.91 Å². The minimum Gasteiger partial charge on any atom is -0.353 e. The normalized spacial score (nSPS) is 26.5. The molecule has 16 heavy (non-hydrogen) atoms. The van der Waals surface area contributed by atoms with E-state index in [0.717, 1.165) is 25.7 Å². The third-order valence-electron chi connectivity index (χ3n) is 2.96. The molecule has 1 aliphatic heterocycles. The maximum atomic E-state index is 11.6. The molecule has 90 valence electrons. The quantitative estimate of drug-likeness (QED) is 0.544. The summed E-state index contributed by atoms with van der Waals surface area (Å²) in [5.74, 6) is -0.298. The highest BCUT2D eigenvalue weighted by molar-refractivity contribution is 5.86. The van der Waals surface area contributed by atoms with E-state index in [1.807, 2.05) is 0 Å². The first-order chi connectivity index (χ1) is 7.75. The lowest BCUT2D eigenvalue weighted by atomic mass is 10.2. The second kappa shape index (κ2) is 5.27. The molecule has 2 aliphatic rings.